The number of piperazine rings is 1. The van der Waals surface area contributed by atoms with Crippen molar-refractivity contribution in [3.05, 3.63) is 29.6 Å². The van der Waals surface area contributed by atoms with Crippen LogP contribution in [0.15, 0.2) is 18.2 Å². The van der Waals surface area contributed by atoms with Crippen molar-refractivity contribution in [2.45, 2.75) is 20.0 Å². The summed E-state index contributed by atoms with van der Waals surface area (Å²) in [5.41, 5.74) is 1.05. The Morgan fingerprint density at radius 1 is 1.32 bits per heavy atom. The van der Waals surface area contributed by atoms with Gasteiger partial charge in [0.25, 0.3) is 0 Å². The molecule has 0 aromatic heterocycles. The number of amides is 1. The van der Waals surface area contributed by atoms with E-state index in [4.69, 9.17) is 0 Å². The maximum Gasteiger partial charge on any atom is 0.219 e. The first-order chi connectivity index (χ1) is 9.00. The third kappa shape index (κ3) is 2.87. The number of carbonyl (C=O) groups excluding carboxylic acids is 1. The molecule has 1 aliphatic heterocycles. The number of aliphatic hydroxyl groups excluding tert-OH is 1. The van der Waals surface area contributed by atoms with Gasteiger partial charge < -0.3 is 14.9 Å². The molecule has 1 N–H and O–H groups in total. The van der Waals surface area contributed by atoms with Crippen molar-refractivity contribution in [3.8, 4) is 0 Å². The van der Waals surface area contributed by atoms with Gasteiger partial charge in [-0.1, -0.05) is 6.07 Å². The zero-order valence-electron chi connectivity index (χ0n) is 11.3. The Balaban J connectivity index is 2.20. The highest BCUT2D eigenvalue weighted by Gasteiger charge is 2.23. The van der Waals surface area contributed by atoms with Crippen LogP contribution < -0.4 is 4.90 Å². The van der Waals surface area contributed by atoms with Crippen molar-refractivity contribution in [2.24, 2.45) is 0 Å². The van der Waals surface area contributed by atoms with E-state index in [0.29, 0.717) is 31.7 Å². The van der Waals surface area contributed by atoms with E-state index in [1.54, 1.807) is 24.8 Å². The van der Waals surface area contributed by atoms with Crippen molar-refractivity contribution in [1.29, 1.82) is 0 Å². The second-order valence-electron chi connectivity index (χ2n) is 4.84. The van der Waals surface area contributed by atoms with E-state index in [0.717, 1.165) is 5.69 Å². The summed E-state index contributed by atoms with van der Waals surface area (Å²) in [6.07, 6.45) is -0.845. The van der Waals surface area contributed by atoms with Crippen molar-refractivity contribution in [1.82, 2.24) is 4.90 Å². The predicted molar refractivity (Wildman–Crippen MR) is 71.5 cm³/mol. The molecule has 2 rings (SSSR count). The highest BCUT2D eigenvalue weighted by Crippen LogP contribution is 2.29. The van der Waals surface area contributed by atoms with E-state index in [2.05, 4.69) is 0 Å². The van der Waals surface area contributed by atoms with Crippen LogP contribution in [0, 0.1) is 5.82 Å². The number of carbonyl (C=O) groups is 1. The molecule has 0 bridgehead atoms. The quantitative estimate of drug-likeness (QED) is 0.883. The van der Waals surface area contributed by atoms with Crippen molar-refractivity contribution >= 4 is 11.6 Å². The maximum atomic E-state index is 13.8. The van der Waals surface area contributed by atoms with Gasteiger partial charge in [-0.15, -0.1) is 0 Å². The van der Waals surface area contributed by atoms with Gasteiger partial charge in [0.05, 0.1) is 6.10 Å². The Bertz CT molecular complexity index is 469. The summed E-state index contributed by atoms with van der Waals surface area (Å²) in [5, 5.41) is 9.73. The number of hydrogen-bond donors (Lipinski definition) is 1. The fourth-order valence-electron chi connectivity index (χ4n) is 2.48. The van der Waals surface area contributed by atoms with Gasteiger partial charge in [0.15, 0.2) is 0 Å². The first-order valence-corrected chi connectivity index (χ1v) is 6.47. The van der Waals surface area contributed by atoms with Crippen LogP contribution in [0.1, 0.15) is 25.5 Å². The number of aliphatic hydroxyl groups is 1. The normalized spacial score (nSPS) is 17.5. The molecule has 0 spiro atoms. The minimum atomic E-state index is -0.845. The van der Waals surface area contributed by atoms with Gasteiger partial charge in [-0.05, 0) is 19.1 Å². The lowest BCUT2D eigenvalue weighted by Gasteiger charge is -2.37. The first kappa shape index (κ1) is 13.8. The van der Waals surface area contributed by atoms with Gasteiger partial charge in [-0.3, -0.25) is 4.79 Å². The number of rotatable bonds is 2. The summed E-state index contributed by atoms with van der Waals surface area (Å²) in [6.45, 7) is 5.69. The largest absolute Gasteiger partial charge is 0.389 e. The average Bonchev–Trinajstić information content (AvgIpc) is 2.38. The molecule has 1 saturated heterocycles. The molecule has 1 heterocycles. The molecule has 1 fully saturated rings. The molecule has 1 aliphatic rings. The summed E-state index contributed by atoms with van der Waals surface area (Å²) in [7, 11) is 0. The van der Waals surface area contributed by atoms with Crippen LogP contribution in [-0.4, -0.2) is 42.1 Å². The zero-order chi connectivity index (χ0) is 14.0. The lowest BCUT2D eigenvalue weighted by molar-refractivity contribution is -0.129. The van der Waals surface area contributed by atoms with E-state index in [9.17, 15) is 14.3 Å². The summed E-state index contributed by atoms with van der Waals surface area (Å²) < 4.78 is 13.8. The van der Waals surface area contributed by atoms with Crippen molar-refractivity contribution in [3.63, 3.8) is 0 Å². The summed E-state index contributed by atoms with van der Waals surface area (Å²) in [6, 6.07) is 4.82. The number of nitrogens with zero attached hydrogens (tertiary/aromatic N) is 2. The minimum absolute atomic E-state index is 0.0645. The van der Waals surface area contributed by atoms with Gasteiger partial charge in [0, 0.05) is 44.4 Å². The molecule has 0 unspecified atom stereocenters. The fourth-order valence-corrected chi connectivity index (χ4v) is 2.48. The van der Waals surface area contributed by atoms with Crippen molar-refractivity contribution < 1.29 is 14.3 Å². The van der Waals surface area contributed by atoms with Crippen LogP contribution in [0.4, 0.5) is 10.1 Å². The molecule has 1 aromatic rings. The van der Waals surface area contributed by atoms with Crippen LogP contribution in [0.2, 0.25) is 0 Å². The Morgan fingerprint density at radius 2 is 1.95 bits per heavy atom. The van der Waals surface area contributed by atoms with E-state index in [-0.39, 0.29) is 11.7 Å². The van der Waals surface area contributed by atoms with E-state index in [1.165, 1.54) is 6.07 Å². The predicted octanol–water partition coefficient (Wildman–Crippen LogP) is 1.55. The highest BCUT2D eigenvalue weighted by molar-refractivity contribution is 5.73. The second kappa shape index (κ2) is 5.57. The van der Waals surface area contributed by atoms with Crippen LogP contribution in [0.5, 0.6) is 0 Å². The van der Waals surface area contributed by atoms with Gasteiger partial charge >= 0.3 is 0 Å². The lowest BCUT2D eigenvalue weighted by atomic mass is 10.1. The van der Waals surface area contributed by atoms with Gasteiger partial charge in [-0.2, -0.15) is 0 Å². The molecular formula is C14H19FN2O2. The molecule has 1 amide bonds. The Labute approximate surface area is 112 Å². The minimum Gasteiger partial charge on any atom is -0.389 e. The molecule has 1 aromatic carbocycles. The second-order valence-corrected chi connectivity index (χ2v) is 4.84. The number of benzene rings is 1. The Morgan fingerprint density at radius 3 is 2.47 bits per heavy atom. The Hall–Kier alpha value is -1.62. The van der Waals surface area contributed by atoms with Crippen LogP contribution in [0.3, 0.4) is 0 Å². The molecule has 19 heavy (non-hydrogen) atoms. The van der Waals surface area contributed by atoms with Gasteiger partial charge in [-0.25, -0.2) is 4.39 Å². The molecule has 104 valence electrons. The molecular weight excluding hydrogens is 247 g/mol. The van der Waals surface area contributed by atoms with Gasteiger partial charge in [0.1, 0.15) is 5.82 Å². The van der Waals surface area contributed by atoms with Gasteiger partial charge in [0.2, 0.25) is 5.91 Å². The van der Waals surface area contributed by atoms with E-state index >= 15 is 0 Å². The van der Waals surface area contributed by atoms with Crippen molar-refractivity contribution in [2.75, 3.05) is 31.1 Å². The average molecular weight is 266 g/mol. The van der Waals surface area contributed by atoms with Crippen LogP contribution in [0.25, 0.3) is 0 Å². The molecule has 0 saturated carbocycles. The zero-order valence-corrected chi connectivity index (χ0v) is 11.3. The molecule has 0 radical (unpaired) electrons. The van der Waals surface area contributed by atoms with Crippen LogP contribution in [-0.2, 0) is 4.79 Å². The molecule has 5 heteroatoms. The standard InChI is InChI=1S/C14H19FN2O2/c1-10(18)14-12(15)4-3-5-13(14)17-8-6-16(7-9-17)11(2)19/h3-5,10,18H,6-9H2,1-2H3/t10-/m1/s1. The summed E-state index contributed by atoms with van der Waals surface area (Å²) in [4.78, 5) is 15.1. The number of halogens is 1. The van der Waals surface area contributed by atoms with E-state index in [1.807, 2.05) is 11.0 Å². The number of anilines is 1. The molecule has 4 nitrogen and oxygen atoms in total. The SMILES string of the molecule is CC(=O)N1CCN(c2cccc(F)c2[C@@H](C)O)CC1. The topological polar surface area (TPSA) is 43.8 Å². The third-order valence-electron chi connectivity index (χ3n) is 3.51. The fraction of sp³-hybridized carbons (Fsp3) is 0.500. The Kier molecular flexibility index (Phi) is 4.04. The lowest BCUT2D eigenvalue weighted by Crippen LogP contribution is -2.48. The monoisotopic (exact) mass is 266 g/mol. The third-order valence-corrected chi connectivity index (χ3v) is 3.51. The smallest absolute Gasteiger partial charge is 0.219 e. The van der Waals surface area contributed by atoms with Crippen LogP contribution >= 0.6 is 0 Å². The molecule has 1 atom stereocenters. The summed E-state index contributed by atoms with van der Waals surface area (Å²) >= 11 is 0. The highest BCUT2D eigenvalue weighted by atomic mass is 19.1. The molecule has 0 aliphatic carbocycles. The van der Waals surface area contributed by atoms with E-state index < -0.39 is 6.10 Å². The summed E-state index contributed by atoms with van der Waals surface area (Å²) in [5.74, 6) is -0.323. The maximum absolute atomic E-state index is 13.8. The number of hydrogen-bond acceptors (Lipinski definition) is 3. The first-order valence-electron chi connectivity index (χ1n) is 6.47.